The van der Waals surface area contributed by atoms with Gasteiger partial charge in [0.15, 0.2) is 10.9 Å². The second-order valence-electron chi connectivity index (χ2n) is 5.40. The molecule has 0 aliphatic heterocycles. The summed E-state index contributed by atoms with van der Waals surface area (Å²) < 4.78 is 0. The van der Waals surface area contributed by atoms with Gasteiger partial charge in [-0.2, -0.15) is 0 Å². The van der Waals surface area contributed by atoms with Gasteiger partial charge in [-0.1, -0.05) is 80.2 Å². The van der Waals surface area contributed by atoms with Gasteiger partial charge in [-0.25, -0.2) is 0 Å². The molecule has 0 spiro atoms. The highest BCUT2D eigenvalue weighted by atomic mass is 32.2. The van der Waals surface area contributed by atoms with Crippen molar-refractivity contribution in [3.05, 3.63) is 60.2 Å². The lowest BCUT2D eigenvalue weighted by atomic mass is 9.94. The van der Waals surface area contributed by atoms with Gasteiger partial charge >= 0.3 is 5.97 Å². The van der Waals surface area contributed by atoms with Crippen LogP contribution in [0.1, 0.15) is 37.6 Å². The van der Waals surface area contributed by atoms with Gasteiger partial charge < -0.3 is 5.11 Å². The molecule has 1 unspecified atom stereocenters. The molecule has 138 valence electrons. The van der Waals surface area contributed by atoms with E-state index in [1.54, 1.807) is 12.1 Å². The Hall–Kier alpha value is -2.40. The Morgan fingerprint density at radius 3 is 1.96 bits per heavy atom. The van der Waals surface area contributed by atoms with Crippen LogP contribution < -0.4 is 0 Å². The zero-order chi connectivity index (χ0) is 19.5. The zero-order valence-electron chi connectivity index (χ0n) is 15.3. The minimum atomic E-state index is -1.04. The molecule has 0 saturated heterocycles. The molecule has 0 bridgehead atoms. The van der Waals surface area contributed by atoms with Gasteiger partial charge in [-0.3, -0.25) is 14.4 Å². The summed E-state index contributed by atoms with van der Waals surface area (Å²) in [6.07, 6.45) is -0.278. The lowest BCUT2D eigenvalue weighted by molar-refractivity contribution is -0.137. The highest BCUT2D eigenvalue weighted by Gasteiger charge is 2.23. The van der Waals surface area contributed by atoms with E-state index in [1.165, 1.54) is 6.92 Å². The maximum atomic E-state index is 12.6. The average Bonchev–Trinajstić information content (AvgIpc) is 2.66. The molecule has 0 radical (unpaired) electrons. The van der Waals surface area contributed by atoms with Crippen molar-refractivity contribution >= 4 is 28.6 Å². The number of carbonyl (C=O) groups is 3. The molecular formula is C21H24O4S. The third-order valence-corrected chi connectivity index (χ3v) is 4.53. The smallest absolute Gasteiger partial charge is 0.304 e. The van der Waals surface area contributed by atoms with E-state index in [0.717, 1.165) is 22.9 Å². The van der Waals surface area contributed by atoms with E-state index in [4.69, 9.17) is 5.11 Å². The fourth-order valence-electron chi connectivity index (χ4n) is 2.35. The molecule has 0 saturated carbocycles. The van der Waals surface area contributed by atoms with Crippen LogP contribution in [0.25, 0.3) is 11.1 Å². The van der Waals surface area contributed by atoms with Crippen molar-refractivity contribution in [2.24, 2.45) is 5.92 Å². The Morgan fingerprint density at radius 2 is 1.46 bits per heavy atom. The van der Waals surface area contributed by atoms with Gasteiger partial charge in [-0.05, 0) is 11.1 Å². The second-order valence-corrected chi connectivity index (χ2v) is 6.60. The quantitative estimate of drug-likeness (QED) is 0.698. The molecule has 0 fully saturated rings. The van der Waals surface area contributed by atoms with Crippen LogP contribution in [-0.4, -0.2) is 27.7 Å². The van der Waals surface area contributed by atoms with Gasteiger partial charge in [0, 0.05) is 24.2 Å². The van der Waals surface area contributed by atoms with Crippen LogP contribution >= 0.6 is 11.8 Å². The van der Waals surface area contributed by atoms with Crippen molar-refractivity contribution in [1.82, 2.24) is 0 Å². The molecule has 0 aliphatic rings. The van der Waals surface area contributed by atoms with Gasteiger partial charge in [0.25, 0.3) is 0 Å². The van der Waals surface area contributed by atoms with Crippen molar-refractivity contribution in [3.63, 3.8) is 0 Å². The number of Topliss-reactive ketones (excluding diaryl/α,β-unsaturated/α-hetero) is 1. The Morgan fingerprint density at radius 1 is 0.923 bits per heavy atom. The average molecular weight is 372 g/mol. The van der Waals surface area contributed by atoms with E-state index < -0.39 is 11.9 Å². The summed E-state index contributed by atoms with van der Waals surface area (Å²) in [5, 5.41) is 8.86. The second kappa shape index (κ2) is 11.3. The summed E-state index contributed by atoms with van der Waals surface area (Å²) in [4.78, 5) is 34.6. The Labute approximate surface area is 158 Å². The number of carboxylic acid groups (broad SMARTS) is 1. The van der Waals surface area contributed by atoms with Crippen LogP contribution in [0, 0.1) is 5.92 Å². The third kappa shape index (κ3) is 6.84. The Balaban J connectivity index is 0.00000163. The summed E-state index contributed by atoms with van der Waals surface area (Å²) in [6.45, 7) is 5.40. The molecule has 4 nitrogen and oxygen atoms in total. The first kappa shape index (κ1) is 21.6. The fourth-order valence-corrected chi connectivity index (χ4v) is 3.05. The number of aliphatic carboxylic acids is 1. The maximum absolute atomic E-state index is 12.6. The predicted octanol–water partition coefficient (Wildman–Crippen LogP) is 4.93. The molecule has 0 aliphatic carbocycles. The van der Waals surface area contributed by atoms with Crippen LogP contribution in [0.15, 0.2) is 54.6 Å². The number of carboxylic acids is 1. The van der Waals surface area contributed by atoms with Crippen LogP contribution in [0.4, 0.5) is 0 Å². The van der Waals surface area contributed by atoms with Gasteiger partial charge in [0.1, 0.15) is 0 Å². The van der Waals surface area contributed by atoms with E-state index >= 15 is 0 Å². The molecular weight excluding hydrogens is 348 g/mol. The Bertz CT molecular complexity index is 723. The molecule has 2 rings (SSSR count). The third-order valence-electron chi connectivity index (χ3n) is 3.56. The minimum Gasteiger partial charge on any atom is -0.481 e. The summed E-state index contributed by atoms with van der Waals surface area (Å²) in [7, 11) is 0. The highest BCUT2D eigenvalue weighted by Crippen LogP contribution is 2.23. The number of benzene rings is 2. The first-order valence-electron chi connectivity index (χ1n) is 8.52. The van der Waals surface area contributed by atoms with E-state index in [1.807, 2.05) is 56.3 Å². The molecule has 26 heavy (non-hydrogen) atoms. The number of carbonyl (C=O) groups excluding carboxylic acids is 2. The van der Waals surface area contributed by atoms with Crippen LogP contribution in [-0.2, 0) is 9.59 Å². The van der Waals surface area contributed by atoms with E-state index in [2.05, 4.69) is 0 Å². The van der Waals surface area contributed by atoms with Crippen LogP contribution in [0.5, 0.6) is 0 Å². The topological polar surface area (TPSA) is 71.4 Å². The number of rotatable bonds is 7. The van der Waals surface area contributed by atoms with Gasteiger partial charge in [0.2, 0.25) is 0 Å². The summed E-state index contributed by atoms with van der Waals surface area (Å²) in [6, 6.07) is 16.9. The minimum absolute atomic E-state index is 0.127. The van der Waals surface area contributed by atoms with Crippen molar-refractivity contribution in [3.8, 4) is 11.1 Å². The number of thioether (sulfide) groups is 1. The normalized spacial score (nSPS) is 11.0. The summed E-state index contributed by atoms with van der Waals surface area (Å²) in [5.41, 5.74) is 2.50. The standard InChI is InChI=1S/C19H18O4S.C2H6/c1-13(20)24-12-17(11-18(21)22)19(23)16-9-7-15(8-10-16)14-5-3-2-4-6-14;1-2/h2-10,17H,11-12H2,1H3,(H,21,22);1-2H3. The number of hydrogen-bond donors (Lipinski definition) is 1. The summed E-state index contributed by atoms with van der Waals surface area (Å²) >= 11 is 0.981. The molecule has 0 heterocycles. The van der Waals surface area contributed by atoms with E-state index in [-0.39, 0.29) is 23.1 Å². The predicted molar refractivity (Wildman–Crippen MR) is 106 cm³/mol. The van der Waals surface area contributed by atoms with Crippen molar-refractivity contribution in [2.75, 3.05) is 5.75 Å². The molecule has 0 aromatic heterocycles. The van der Waals surface area contributed by atoms with Crippen molar-refractivity contribution < 1.29 is 19.5 Å². The summed E-state index contributed by atoms with van der Waals surface area (Å²) in [5.74, 6) is -1.82. The lowest BCUT2D eigenvalue weighted by Crippen LogP contribution is -2.21. The first-order chi connectivity index (χ1) is 12.5. The molecule has 0 amide bonds. The maximum Gasteiger partial charge on any atom is 0.304 e. The zero-order valence-corrected chi connectivity index (χ0v) is 16.1. The van der Waals surface area contributed by atoms with E-state index in [0.29, 0.717) is 5.56 Å². The monoisotopic (exact) mass is 372 g/mol. The molecule has 2 aromatic carbocycles. The molecule has 2 aromatic rings. The SMILES string of the molecule is CC.CC(=O)SCC(CC(=O)O)C(=O)c1ccc(-c2ccccc2)cc1. The van der Waals surface area contributed by atoms with Crippen LogP contribution in [0.3, 0.4) is 0 Å². The Kier molecular flexibility index (Phi) is 9.37. The molecule has 1 atom stereocenters. The lowest BCUT2D eigenvalue weighted by Gasteiger charge is -2.13. The van der Waals surface area contributed by atoms with Crippen LogP contribution in [0.2, 0.25) is 0 Å². The molecule has 1 N–H and O–H groups in total. The van der Waals surface area contributed by atoms with Gasteiger partial charge in [0.05, 0.1) is 6.42 Å². The van der Waals surface area contributed by atoms with Crippen molar-refractivity contribution in [2.45, 2.75) is 27.2 Å². The number of ketones is 1. The highest BCUT2D eigenvalue weighted by molar-refractivity contribution is 8.13. The fraction of sp³-hybridized carbons (Fsp3) is 0.286. The van der Waals surface area contributed by atoms with Crippen molar-refractivity contribution in [1.29, 1.82) is 0 Å². The van der Waals surface area contributed by atoms with E-state index in [9.17, 15) is 14.4 Å². The largest absolute Gasteiger partial charge is 0.481 e. The molecule has 5 heteroatoms. The van der Waals surface area contributed by atoms with Gasteiger partial charge in [-0.15, -0.1) is 0 Å². The first-order valence-corrected chi connectivity index (χ1v) is 9.51. The number of hydrogen-bond acceptors (Lipinski definition) is 4.